The van der Waals surface area contributed by atoms with E-state index in [2.05, 4.69) is 15.9 Å². The molecule has 2 rings (SSSR count). The lowest BCUT2D eigenvalue weighted by atomic mass is 10.1. The number of carbonyl (C=O) groups excluding carboxylic acids is 1. The lowest BCUT2D eigenvalue weighted by Crippen LogP contribution is -1.90. The summed E-state index contributed by atoms with van der Waals surface area (Å²) in [4.78, 5) is 11.2. The number of aryl methyl sites for hydroxylation is 1. The van der Waals surface area contributed by atoms with Gasteiger partial charge in [-0.2, -0.15) is 0 Å². The van der Waals surface area contributed by atoms with Crippen LogP contribution >= 0.6 is 15.9 Å². The van der Waals surface area contributed by atoms with E-state index in [0.717, 1.165) is 21.0 Å². The topological polar surface area (TPSA) is 30.2 Å². The molecule has 2 nitrogen and oxygen atoms in total. The first-order valence-corrected chi connectivity index (χ1v) is 5.09. The molecule has 2 aromatic rings. The van der Waals surface area contributed by atoms with Crippen LogP contribution in [0, 0.1) is 6.92 Å². The Hall–Kier alpha value is -1.09. The van der Waals surface area contributed by atoms with Gasteiger partial charge in [0.05, 0.1) is 4.47 Å². The van der Waals surface area contributed by atoms with E-state index in [1.807, 2.05) is 25.1 Å². The Morgan fingerprint density at radius 3 is 2.71 bits per heavy atom. The van der Waals surface area contributed by atoms with Crippen molar-refractivity contribution in [2.75, 3.05) is 0 Å². The fraction of sp³-hybridized carbons (Fsp3) is 0.182. The van der Waals surface area contributed by atoms with Crippen molar-refractivity contribution >= 4 is 32.7 Å². The van der Waals surface area contributed by atoms with E-state index < -0.39 is 0 Å². The van der Waals surface area contributed by atoms with Gasteiger partial charge in [-0.1, -0.05) is 12.1 Å². The maximum Gasteiger partial charge on any atom is 0.195 e. The highest BCUT2D eigenvalue weighted by molar-refractivity contribution is 9.10. The summed E-state index contributed by atoms with van der Waals surface area (Å²) in [7, 11) is 0. The number of furan rings is 1. The Bertz CT molecular complexity index is 511. The molecule has 72 valence electrons. The van der Waals surface area contributed by atoms with Gasteiger partial charge in [-0.15, -0.1) is 0 Å². The molecule has 0 fully saturated rings. The van der Waals surface area contributed by atoms with Crippen molar-refractivity contribution in [1.29, 1.82) is 0 Å². The quantitative estimate of drug-likeness (QED) is 0.725. The van der Waals surface area contributed by atoms with Gasteiger partial charge in [-0.3, -0.25) is 4.79 Å². The smallest absolute Gasteiger partial charge is 0.195 e. The van der Waals surface area contributed by atoms with Crippen LogP contribution in [0.4, 0.5) is 0 Å². The highest BCUT2D eigenvalue weighted by Gasteiger charge is 2.14. The molecule has 0 unspecified atom stereocenters. The summed E-state index contributed by atoms with van der Waals surface area (Å²) >= 11 is 3.39. The summed E-state index contributed by atoms with van der Waals surface area (Å²) in [5.74, 6) is 0.414. The molecule has 1 aromatic carbocycles. The Balaban J connectivity index is 2.86. The van der Waals surface area contributed by atoms with Gasteiger partial charge in [0.25, 0.3) is 0 Å². The van der Waals surface area contributed by atoms with Crippen LogP contribution < -0.4 is 0 Å². The summed E-state index contributed by atoms with van der Waals surface area (Å²) in [5.41, 5.74) is 1.66. The summed E-state index contributed by atoms with van der Waals surface area (Å²) < 4.78 is 6.37. The number of Topliss-reactive ketones (excluding diaryl/α,β-unsaturated/α-hetero) is 1. The molecule has 0 aliphatic rings. The van der Waals surface area contributed by atoms with Crippen LogP contribution in [0.5, 0.6) is 0 Å². The molecule has 14 heavy (non-hydrogen) atoms. The SMILES string of the molecule is CC(=O)c1oc2c(Br)cccc2c1C. The first-order chi connectivity index (χ1) is 6.61. The number of fused-ring (bicyclic) bond motifs is 1. The molecular formula is C11H9BrO2. The molecule has 3 heteroatoms. The van der Waals surface area contributed by atoms with Gasteiger partial charge in [-0.05, 0) is 28.9 Å². The average Bonchev–Trinajstić information content (AvgIpc) is 2.46. The molecule has 0 N–H and O–H groups in total. The lowest BCUT2D eigenvalue weighted by Gasteiger charge is -1.90. The van der Waals surface area contributed by atoms with Crippen molar-refractivity contribution in [3.05, 3.63) is 34.0 Å². The maximum atomic E-state index is 11.2. The van der Waals surface area contributed by atoms with Crippen molar-refractivity contribution in [2.24, 2.45) is 0 Å². The third kappa shape index (κ3) is 1.28. The van der Waals surface area contributed by atoms with Gasteiger partial charge in [0, 0.05) is 17.9 Å². The number of carbonyl (C=O) groups is 1. The maximum absolute atomic E-state index is 11.2. The van der Waals surface area contributed by atoms with Crippen molar-refractivity contribution in [1.82, 2.24) is 0 Å². The molecule has 0 atom stereocenters. The normalized spacial score (nSPS) is 10.8. The number of para-hydroxylation sites is 1. The Morgan fingerprint density at radius 2 is 2.14 bits per heavy atom. The summed E-state index contributed by atoms with van der Waals surface area (Å²) in [6.45, 7) is 3.41. The number of rotatable bonds is 1. The number of hydrogen-bond acceptors (Lipinski definition) is 2. The lowest BCUT2D eigenvalue weighted by molar-refractivity contribution is 0.0988. The summed E-state index contributed by atoms with van der Waals surface area (Å²) in [5, 5.41) is 0.990. The van der Waals surface area contributed by atoms with Crippen LogP contribution in [0.1, 0.15) is 23.0 Å². The zero-order valence-corrected chi connectivity index (χ0v) is 9.51. The third-order valence-electron chi connectivity index (χ3n) is 2.24. The highest BCUT2D eigenvalue weighted by Crippen LogP contribution is 2.30. The van der Waals surface area contributed by atoms with E-state index in [1.54, 1.807) is 0 Å². The predicted molar refractivity (Wildman–Crippen MR) is 58.7 cm³/mol. The third-order valence-corrected chi connectivity index (χ3v) is 2.86. The van der Waals surface area contributed by atoms with Gasteiger partial charge >= 0.3 is 0 Å². The Labute approximate surface area is 90.0 Å². The van der Waals surface area contributed by atoms with Crippen molar-refractivity contribution in [3.63, 3.8) is 0 Å². The largest absolute Gasteiger partial charge is 0.451 e. The second-order valence-electron chi connectivity index (χ2n) is 3.23. The van der Waals surface area contributed by atoms with Gasteiger partial charge in [0.15, 0.2) is 11.5 Å². The fourth-order valence-corrected chi connectivity index (χ4v) is 1.99. The fourth-order valence-electron chi connectivity index (χ4n) is 1.54. The molecule has 0 aliphatic heterocycles. The van der Waals surface area contributed by atoms with Crippen molar-refractivity contribution in [3.8, 4) is 0 Å². The van der Waals surface area contributed by atoms with E-state index in [0.29, 0.717) is 5.76 Å². The minimum atomic E-state index is -0.0365. The molecule has 0 spiro atoms. The van der Waals surface area contributed by atoms with E-state index >= 15 is 0 Å². The van der Waals surface area contributed by atoms with Crippen LogP contribution in [0.15, 0.2) is 27.1 Å². The van der Waals surface area contributed by atoms with Crippen LogP contribution in [0.25, 0.3) is 11.0 Å². The Kier molecular flexibility index (Phi) is 2.19. The first-order valence-electron chi connectivity index (χ1n) is 4.30. The van der Waals surface area contributed by atoms with Crippen molar-refractivity contribution in [2.45, 2.75) is 13.8 Å². The van der Waals surface area contributed by atoms with Gasteiger partial charge in [-0.25, -0.2) is 0 Å². The number of ketones is 1. The molecule has 0 saturated carbocycles. The van der Waals surface area contributed by atoms with Crippen LogP contribution in [-0.4, -0.2) is 5.78 Å². The Morgan fingerprint density at radius 1 is 1.43 bits per heavy atom. The first kappa shape index (κ1) is 9.46. The number of benzene rings is 1. The van der Waals surface area contributed by atoms with Gasteiger partial charge in [0.1, 0.15) is 5.58 Å². The molecule has 0 radical (unpaired) electrons. The monoisotopic (exact) mass is 252 g/mol. The summed E-state index contributed by atoms with van der Waals surface area (Å²) in [6, 6.07) is 5.78. The van der Waals surface area contributed by atoms with Crippen LogP contribution in [-0.2, 0) is 0 Å². The molecule has 0 bridgehead atoms. The molecule has 0 amide bonds. The molecule has 0 aliphatic carbocycles. The number of halogens is 1. The second-order valence-corrected chi connectivity index (χ2v) is 4.08. The van der Waals surface area contributed by atoms with Crippen molar-refractivity contribution < 1.29 is 9.21 Å². The van der Waals surface area contributed by atoms with Gasteiger partial charge < -0.3 is 4.42 Å². The zero-order chi connectivity index (χ0) is 10.3. The van der Waals surface area contributed by atoms with E-state index in [1.165, 1.54) is 6.92 Å². The molecule has 1 heterocycles. The van der Waals surface area contributed by atoms with Crippen LogP contribution in [0.2, 0.25) is 0 Å². The summed E-state index contributed by atoms with van der Waals surface area (Å²) in [6.07, 6.45) is 0. The molecular weight excluding hydrogens is 244 g/mol. The minimum absolute atomic E-state index is 0.0365. The molecule has 0 saturated heterocycles. The zero-order valence-electron chi connectivity index (χ0n) is 7.93. The highest BCUT2D eigenvalue weighted by atomic mass is 79.9. The minimum Gasteiger partial charge on any atom is -0.451 e. The number of hydrogen-bond donors (Lipinski definition) is 0. The standard InChI is InChI=1S/C11H9BrO2/c1-6-8-4-3-5-9(12)11(8)14-10(6)7(2)13/h3-5H,1-2H3. The average molecular weight is 253 g/mol. The van der Waals surface area contributed by atoms with E-state index in [4.69, 9.17) is 4.42 Å². The van der Waals surface area contributed by atoms with E-state index in [9.17, 15) is 4.79 Å². The van der Waals surface area contributed by atoms with Crippen LogP contribution in [0.3, 0.4) is 0 Å². The second kappa shape index (κ2) is 3.24. The molecule has 1 aromatic heterocycles. The van der Waals surface area contributed by atoms with Gasteiger partial charge in [0.2, 0.25) is 0 Å². The van der Waals surface area contributed by atoms with E-state index in [-0.39, 0.29) is 5.78 Å². The predicted octanol–water partition coefficient (Wildman–Crippen LogP) is 3.71.